The van der Waals surface area contributed by atoms with Crippen LogP contribution in [-0.2, 0) is 16.0 Å². The van der Waals surface area contributed by atoms with E-state index in [1.807, 2.05) is 12.1 Å². The third-order valence-electron chi connectivity index (χ3n) is 4.68. The van der Waals surface area contributed by atoms with Crippen LogP contribution in [0.4, 0.5) is 13.2 Å². The van der Waals surface area contributed by atoms with Crippen LogP contribution >= 0.6 is 0 Å². The molecule has 0 spiro atoms. The molecule has 2 atom stereocenters. The fourth-order valence-corrected chi connectivity index (χ4v) is 2.93. The van der Waals surface area contributed by atoms with E-state index in [4.69, 9.17) is 19.4 Å². The van der Waals surface area contributed by atoms with Gasteiger partial charge in [-0.1, -0.05) is 12.1 Å². The number of rotatable bonds is 6. The molecular formula is C19H26F3NO4. The average molecular weight is 389 g/mol. The molecule has 2 N–H and O–H groups in total. The molecule has 0 amide bonds. The number of hydrogen-bond acceptors (Lipinski definition) is 4. The van der Waals surface area contributed by atoms with Crippen LogP contribution in [0.5, 0.6) is 5.75 Å². The van der Waals surface area contributed by atoms with Crippen LogP contribution in [0.2, 0.25) is 0 Å². The second kappa shape index (κ2) is 9.94. The average Bonchev–Trinajstić information content (AvgIpc) is 3.46. The van der Waals surface area contributed by atoms with Gasteiger partial charge >= 0.3 is 12.1 Å². The van der Waals surface area contributed by atoms with Crippen LogP contribution in [-0.4, -0.2) is 50.2 Å². The Hall–Kier alpha value is -1.80. The van der Waals surface area contributed by atoms with Crippen molar-refractivity contribution < 1.29 is 32.5 Å². The van der Waals surface area contributed by atoms with Crippen molar-refractivity contribution in [3.05, 3.63) is 29.8 Å². The van der Waals surface area contributed by atoms with E-state index in [9.17, 15) is 13.2 Å². The van der Waals surface area contributed by atoms with Gasteiger partial charge in [-0.15, -0.1) is 0 Å². The third kappa shape index (κ3) is 7.76. The normalized spacial score (nSPS) is 22.5. The first-order valence-corrected chi connectivity index (χ1v) is 9.05. The summed E-state index contributed by atoms with van der Waals surface area (Å²) in [5.41, 5.74) is 1.37. The summed E-state index contributed by atoms with van der Waals surface area (Å²) in [6.07, 6.45) is 0.321. The van der Waals surface area contributed by atoms with Gasteiger partial charge in [-0.3, -0.25) is 0 Å². The van der Waals surface area contributed by atoms with Gasteiger partial charge in [0.25, 0.3) is 0 Å². The standard InChI is InChI=1S/C17H25NO2.C2HF3O2/c1-19-16-6-4-13(5-7-16)10-15-11-18-9-8-17(15)20-12-14-2-3-14;3-2(4,5)1(6)7/h4-7,14-15,17-18H,2-3,8-12H2,1H3;(H,6,7)/t15-,17+;/m0./s1. The first-order valence-electron chi connectivity index (χ1n) is 9.05. The summed E-state index contributed by atoms with van der Waals surface area (Å²) < 4.78 is 43.1. The fraction of sp³-hybridized carbons (Fsp3) is 0.632. The second-order valence-electron chi connectivity index (χ2n) is 6.92. The van der Waals surface area contributed by atoms with E-state index in [0.29, 0.717) is 12.0 Å². The van der Waals surface area contributed by atoms with Crippen LogP contribution in [0.1, 0.15) is 24.8 Å². The maximum Gasteiger partial charge on any atom is 0.490 e. The number of carboxylic acid groups (broad SMARTS) is 1. The lowest BCUT2D eigenvalue weighted by molar-refractivity contribution is -0.192. The van der Waals surface area contributed by atoms with Gasteiger partial charge in [0.1, 0.15) is 5.75 Å². The summed E-state index contributed by atoms with van der Waals surface area (Å²) in [5, 5.41) is 10.6. The van der Waals surface area contributed by atoms with Crippen molar-refractivity contribution in [2.24, 2.45) is 11.8 Å². The van der Waals surface area contributed by atoms with Gasteiger partial charge in [-0.2, -0.15) is 13.2 Å². The minimum absolute atomic E-state index is 0.430. The van der Waals surface area contributed by atoms with Gasteiger partial charge in [0, 0.05) is 19.1 Å². The quantitative estimate of drug-likeness (QED) is 0.782. The predicted molar refractivity (Wildman–Crippen MR) is 93.8 cm³/mol. The minimum atomic E-state index is -5.08. The zero-order valence-corrected chi connectivity index (χ0v) is 15.3. The fourth-order valence-electron chi connectivity index (χ4n) is 2.93. The molecule has 2 fully saturated rings. The number of ether oxygens (including phenoxy) is 2. The van der Waals surface area contributed by atoms with Crippen molar-refractivity contribution in [2.45, 2.75) is 38.0 Å². The molecular weight excluding hydrogens is 363 g/mol. The van der Waals surface area contributed by atoms with E-state index in [-0.39, 0.29) is 0 Å². The van der Waals surface area contributed by atoms with Crippen molar-refractivity contribution in [1.29, 1.82) is 0 Å². The molecule has 0 radical (unpaired) electrons. The molecule has 3 rings (SSSR count). The molecule has 0 unspecified atom stereocenters. The summed E-state index contributed by atoms with van der Waals surface area (Å²) in [5.74, 6) is -0.382. The Kier molecular flexibility index (Phi) is 7.91. The molecule has 1 heterocycles. The molecule has 1 aliphatic carbocycles. The van der Waals surface area contributed by atoms with E-state index in [1.54, 1.807) is 7.11 Å². The highest BCUT2D eigenvalue weighted by molar-refractivity contribution is 5.73. The lowest BCUT2D eigenvalue weighted by Crippen LogP contribution is -2.42. The molecule has 5 nitrogen and oxygen atoms in total. The molecule has 0 bridgehead atoms. The molecule has 1 aliphatic heterocycles. The summed E-state index contributed by atoms with van der Waals surface area (Å²) in [6.45, 7) is 3.14. The predicted octanol–water partition coefficient (Wildman–Crippen LogP) is 3.28. The van der Waals surface area contributed by atoms with Gasteiger partial charge in [0.15, 0.2) is 0 Å². The van der Waals surface area contributed by atoms with E-state index < -0.39 is 12.1 Å². The lowest BCUT2D eigenvalue weighted by atomic mass is 9.89. The Labute approximate surface area is 156 Å². The van der Waals surface area contributed by atoms with Crippen LogP contribution in [0.25, 0.3) is 0 Å². The molecule has 1 saturated carbocycles. The zero-order valence-electron chi connectivity index (χ0n) is 15.3. The monoisotopic (exact) mass is 389 g/mol. The lowest BCUT2D eigenvalue weighted by Gasteiger charge is -2.32. The maximum atomic E-state index is 10.6. The Balaban J connectivity index is 0.000000321. The smallest absolute Gasteiger partial charge is 0.490 e. The number of methoxy groups -OCH3 is 1. The topological polar surface area (TPSA) is 67.8 Å². The van der Waals surface area contributed by atoms with Gasteiger partial charge in [-0.05, 0) is 55.8 Å². The summed E-state index contributed by atoms with van der Waals surface area (Å²) >= 11 is 0. The Morgan fingerprint density at radius 1 is 1.22 bits per heavy atom. The van der Waals surface area contributed by atoms with E-state index in [1.165, 1.54) is 18.4 Å². The first kappa shape index (κ1) is 21.5. The number of nitrogens with one attached hydrogen (secondary N) is 1. The number of alkyl halides is 3. The van der Waals surface area contributed by atoms with Crippen molar-refractivity contribution in [3.8, 4) is 5.75 Å². The molecule has 1 saturated heterocycles. The van der Waals surface area contributed by atoms with Gasteiger partial charge < -0.3 is 19.9 Å². The number of carbonyl (C=O) groups is 1. The molecule has 1 aromatic rings. The van der Waals surface area contributed by atoms with Gasteiger partial charge in [0.2, 0.25) is 0 Å². The number of hydrogen-bond donors (Lipinski definition) is 2. The number of piperidine rings is 1. The highest BCUT2D eigenvalue weighted by Gasteiger charge is 2.38. The summed E-state index contributed by atoms with van der Waals surface area (Å²) in [6, 6.07) is 8.44. The number of halogens is 3. The van der Waals surface area contributed by atoms with Crippen LogP contribution in [0, 0.1) is 11.8 Å². The first-order chi connectivity index (χ1) is 12.8. The third-order valence-corrected chi connectivity index (χ3v) is 4.68. The largest absolute Gasteiger partial charge is 0.497 e. The van der Waals surface area contributed by atoms with Crippen molar-refractivity contribution in [2.75, 3.05) is 26.8 Å². The summed E-state index contributed by atoms with van der Waals surface area (Å²) in [7, 11) is 1.71. The Morgan fingerprint density at radius 2 is 1.85 bits per heavy atom. The van der Waals surface area contributed by atoms with E-state index >= 15 is 0 Å². The molecule has 152 valence electrons. The van der Waals surface area contributed by atoms with Crippen molar-refractivity contribution in [1.82, 2.24) is 5.32 Å². The SMILES string of the molecule is COc1ccc(C[C@H]2CNCC[C@H]2OCC2CC2)cc1.O=C(O)C(F)(F)F. The highest BCUT2D eigenvalue weighted by Crippen LogP contribution is 2.31. The molecule has 0 aromatic heterocycles. The van der Waals surface area contributed by atoms with Crippen LogP contribution in [0.15, 0.2) is 24.3 Å². The molecule has 8 heteroatoms. The van der Waals surface area contributed by atoms with Gasteiger partial charge in [0.05, 0.1) is 13.2 Å². The molecule has 1 aromatic carbocycles. The summed E-state index contributed by atoms with van der Waals surface area (Å²) in [4.78, 5) is 8.90. The minimum Gasteiger partial charge on any atom is -0.497 e. The number of carboxylic acids is 1. The zero-order chi connectivity index (χ0) is 19.9. The van der Waals surface area contributed by atoms with E-state index in [0.717, 1.165) is 44.2 Å². The van der Waals surface area contributed by atoms with Gasteiger partial charge in [-0.25, -0.2) is 4.79 Å². The highest BCUT2D eigenvalue weighted by atomic mass is 19.4. The Morgan fingerprint density at radius 3 is 2.37 bits per heavy atom. The Bertz CT molecular complexity index is 588. The second-order valence-corrected chi connectivity index (χ2v) is 6.92. The number of benzene rings is 1. The van der Waals surface area contributed by atoms with Crippen LogP contribution in [0.3, 0.4) is 0 Å². The van der Waals surface area contributed by atoms with E-state index in [2.05, 4.69) is 17.4 Å². The molecule has 27 heavy (non-hydrogen) atoms. The number of aliphatic carboxylic acids is 1. The van der Waals surface area contributed by atoms with Crippen LogP contribution < -0.4 is 10.1 Å². The molecule has 2 aliphatic rings. The van der Waals surface area contributed by atoms with Crippen molar-refractivity contribution in [3.63, 3.8) is 0 Å². The maximum absolute atomic E-state index is 10.6. The van der Waals surface area contributed by atoms with Crippen molar-refractivity contribution >= 4 is 5.97 Å².